The van der Waals surface area contributed by atoms with Crippen molar-refractivity contribution in [1.82, 2.24) is 0 Å². The Morgan fingerprint density at radius 3 is 2.54 bits per heavy atom. The number of primary amides is 1. The molecule has 0 aromatic heterocycles. The Labute approximate surface area is 163 Å². The third kappa shape index (κ3) is 3.55. The smallest absolute Gasteiger partial charge is 0.248 e. The highest BCUT2D eigenvalue weighted by Crippen LogP contribution is 2.37. The number of rotatable bonds is 6. The van der Waals surface area contributed by atoms with E-state index in [0.29, 0.717) is 40.6 Å². The van der Waals surface area contributed by atoms with Gasteiger partial charge in [-0.2, -0.15) is 0 Å². The monoisotopic (exact) mass is 381 g/mol. The molecule has 0 saturated heterocycles. The lowest BCUT2D eigenvalue weighted by Gasteiger charge is -2.24. The second-order valence-corrected chi connectivity index (χ2v) is 6.38. The van der Waals surface area contributed by atoms with Gasteiger partial charge in [0.15, 0.2) is 11.5 Å². The molecule has 1 aliphatic rings. The second kappa shape index (κ2) is 8.12. The number of hydrogen-bond donors (Lipinski definition) is 1. The van der Waals surface area contributed by atoms with E-state index in [1.165, 1.54) is 0 Å². The van der Waals surface area contributed by atoms with E-state index in [4.69, 9.17) is 15.2 Å². The van der Waals surface area contributed by atoms with Crippen molar-refractivity contribution in [2.75, 3.05) is 32.2 Å². The van der Waals surface area contributed by atoms with Gasteiger partial charge >= 0.3 is 0 Å². The quantitative estimate of drug-likeness (QED) is 0.831. The van der Waals surface area contributed by atoms with Gasteiger partial charge in [-0.3, -0.25) is 14.6 Å². The summed E-state index contributed by atoms with van der Waals surface area (Å²) in [5.41, 5.74) is 8.55. The van der Waals surface area contributed by atoms with E-state index in [9.17, 15) is 9.59 Å². The standard InChI is InChI=1S/C21H23N3O4/c1-4-8-24-16-11-18(28-3)17(27-2)10-15(16)20(23-12-19(24)25)13-6-5-7-14(9-13)21(22)26/h5-7,9-11H,4,8,12H2,1-3H3,(H2,22,26). The van der Waals surface area contributed by atoms with Crippen molar-refractivity contribution < 1.29 is 19.1 Å². The SMILES string of the molecule is CCCN1C(=O)CN=C(c2cccc(C(N)=O)c2)c2cc(OC)c(OC)cc21. The zero-order valence-corrected chi connectivity index (χ0v) is 16.2. The minimum absolute atomic E-state index is 0.00937. The molecule has 1 aliphatic heterocycles. The Balaban J connectivity index is 2.25. The Kier molecular flexibility index (Phi) is 5.63. The van der Waals surface area contributed by atoms with E-state index in [1.54, 1.807) is 43.4 Å². The number of amides is 2. The highest BCUT2D eigenvalue weighted by atomic mass is 16.5. The van der Waals surface area contributed by atoms with Crippen molar-refractivity contribution in [3.8, 4) is 11.5 Å². The van der Waals surface area contributed by atoms with Crippen LogP contribution in [-0.4, -0.2) is 44.8 Å². The van der Waals surface area contributed by atoms with Crippen LogP contribution >= 0.6 is 0 Å². The summed E-state index contributed by atoms with van der Waals surface area (Å²) in [6.45, 7) is 2.58. The van der Waals surface area contributed by atoms with Crippen LogP contribution in [0.1, 0.15) is 34.8 Å². The van der Waals surface area contributed by atoms with Gasteiger partial charge in [0.05, 0.1) is 25.6 Å². The van der Waals surface area contributed by atoms with Gasteiger partial charge in [-0.1, -0.05) is 19.1 Å². The minimum Gasteiger partial charge on any atom is -0.493 e. The Bertz CT molecular complexity index is 953. The summed E-state index contributed by atoms with van der Waals surface area (Å²) in [7, 11) is 3.11. The maximum Gasteiger partial charge on any atom is 0.248 e. The molecule has 146 valence electrons. The van der Waals surface area contributed by atoms with E-state index in [1.807, 2.05) is 19.1 Å². The summed E-state index contributed by atoms with van der Waals surface area (Å²) in [5.74, 6) is 0.441. The van der Waals surface area contributed by atoms with Crippen molar-refractivity contribution >= 4 is 23.2 Å². The number of hydrogen-bond acceptors (Lipinski definition) is 5. The van der Waals surface area contributed by atoms with Gasteiger partial charge in [-0.15, -0.1) is 0 Å². The molecule has 1 heterocycles. The van der Waals surface area contributed by atoms with Crippen LogP contribution in [0.2, 0.25) is 0 Å². The molecule has 0 atom stereocenters. The first-order valence-corrected chi connectivity index (χ1v) is 9.01. The normalized spacial score (nSPS) is 13.5. The number of fused-ring (bicyclic) bond motifs is 1. The average Bonchev–Trinajstić information content (AvgIpc) is 2.84. The number of carbonyl (C=O) groups is 2. The number of anilines is 1. The topological polar surface area (TPSA) is 94.2 Å². The first-order valence-electron chi connectivity index (χ1n) is 9.01. The lowest BCUT2D eigenvalue weighted by Crippen LogP contribution is -2.33. The van der Waals surface area contributed by atoms with Crippen LogP contribution in [0.4, 0.5) is 5.69 Å². The maximum atomic E-state index is 12.7. The van der Waals surface area contributed by atoms with Gasteiger partial charge in [-0.25, -0.2) is 0 Å². The van der Waals surface area contributed by atoms with Crippen LogP contribution in [0.5, 0.6) is 11.5 Å². The molecule has 0 unspecified atom stereocenters. The highest BCUT2D eigenvalue weighted by Gasteiger charge is 2.27. The second-order valence-electron chi connectivity index (χ2n) is 6.38. The fourth-order valence-corrected chi connectivity index (χ4v) is 3.27. The number of nitrogens with two attached hydrogens (primary N) is 1. The van der Waals surface area contributed by atoms with Crippen molar-refractivity contribution in [2.45, 2.75) is 13.3 Å². The largest absolute Gasteiger partial charge is 0.493 e. The number of methoxy groups -OCH3 is 2. The van der Waals surface area contributed by atoms with Gasteiger partial charge < -0.3 is 20.1 Å². The molecular formula is C21H23N3O4. The van der Waals surface area contributed by atoms with Gasteiger partial charge in [0.25, 0.3) is 0 Å². The molecule has 28 heavy (non-hydrogen) atoms. The zero-order valence-electron chi connectivity index (χ0n) is 16.2. The number of aliphatic imine (C=N–C) groups is 1. The average molecular weight is 381 g/mol. The first kappa shape index (κ1) is 19.4. The Morgan fingerprint density at radius 2 is 1.89 bits per heavy atom. The lowest BCUT2D eigenvalue weighted by atomic mass is 9.97. The van der Waals surface area contributed by atoms with E-state index in [0.717, 1.165) is 12.0 Å². The van der Waals surface area contributed by atoms with Crippen LogP contribution in [0, 0.1) is 0 Å². The van der Waals surface area contributed by atoms with Crippen LogP contribution in [-0.2, 0) is 4.79 Å². The van der Waals surface area contributed by atoms with Crippen molar-refractivity contribution in [1.29, 1.82) is 0 Å². The molecule has 0 saturated carbocycles. The summed E-state index contributed by atoms with van der Waals surface area (Å²) in [5, 5.41) is 0. The number of benzodiazepines with no additional fused rings is 1. The molecule has 3 rings (SSSR count). The summed E-state index contributed by atoms with van der Waals surface area (Å²) < 4.78 is 10.9. The van der Waals surface area contributed by atoms with Crippen LogP contribution < -0.4 is 20.1 Å². The highest BCUT2D eigenvalue weighted by molar-refractivity contribution is 6.20. The molecule has 2 amide bonds. The third-order valence-corrected chi connectivity index (χ3v) is 4.59. The number of carbonyl (C=O) groups excluding carboxylic acids is 2. The Morgan fingerprint density at radius 1 is 1.18 bits per heavy atom. The number of benzene rings is 2. The van der Waals surface area contributed by atoms with E-state index in [-0.39, 0.29) is 12.5 Å². The summed E-state index contributed by atoms with van der Waals surface area (Å²) >= 11 is 0. The first-order chi connectivity index (χ1) is 13.5. The molecule has 0 bridgehead atoms. The molecule has 0 fully saturated rings. The lowest BCUT2D eigenvalue weighted by molar-refractivity contribution is -0.117. The summed E-state index contributed by atoms with van der Waals surface area (Å²) in [6, 6.07) is 10.5. The molecule has 7 heteroatoms. The zero-order chi connectivity index (χ0) is 20.3. The van der Waals surface area contributed by atoms with Gasteiger partial charge in [0, 0.05) is 29.3 Å². The summed E-state index contributed by atoms with van der Waals surface area (Å²) in [6.07, 6.45) is 0.798. The van der Waals surface area contributed by atoms with Crippen molar-refractivity contribution in [2.24, 2.45) is 10.7 Å². The maximum absolute atomic E-state index is 12.7. The van der Waals surface area contributed by atoms with Crippen LogP contribution in [0.3, 0.4) is 0 Å². The van der Waals surface area contributed by atoms with E-state index in [2.05, 4.69) is 4.99 Å². The molecule has 7 nitrogen and oxygen atoms in total. The van der Waals surface area contributed by atoms with E-state index >= 15 is 0 Å². The van der Waals surface area contributed by atoms with Crippen molar-refractivity contribution in [3.05, 3.63) is 53.1 Å². The molecular weight excluding hydrogens is 358 g/mol. The predicted molar refractivity (Wildman–Crippen MR) is 108 cm³/mol. The molecule has 2 N–H and O–H groups in total. The number of nitrogens with zero attached hydrogens (tertiary/aromatic N) is 2. The molecule has 2 aromatic carbocycles. The van der Waals surface area contributed by atoms with E-state index < -0.39 is 5.91 Å². The van der Waals surface area contributed by atoms with Gasteiger partial charge in [0.1, 0.15) is 6.54 Å². The van der Waals surface area contributed by atoms with Crippen LogP contribution in [0.15, 0.2) is 41.4 Å². The molecule has 0 aliphatic carbocycles. The fourth-order valence-electron chi connectivity index (χ4n) is 3.27. The molecule has 0 radical (unpaired) electrons. The van der Waals surface area contributed by atoms with Crippen LogP contribution in [0.25, 0.3) is 0 Å². The minimum atomic E-state index is -0.521. The predicted octanol–water partition coefficient (Wildman–Crippen LogP) is 2.40. The number of ether oxygens (including phenoxy) is 2. The molecule has 2 aromatic rings. The van der Waals surface area contributed by atoms with Crippen molar-refractivity contribution in [3.63, 3.8) is 0 Å². The Hall–Kier alpha value is -3.35. The van der Waals surface area contributed by atoms with Gasteiger partial charge in [-0.05, 0) is 24.6 Å². The third-order valence-electron chi connectivity index (χ3n) is 4.59. The van der Waals surface area contributed by atoms with Gasteiger partial charge in [0.2, 0.25) is 11.8 Å². The summed E-state index contributed by atoms with van der Waals surface area (Å²) in [4.78, 5) is 30.6. The molecule has 0 spiro atoms. The fraction of sp³-hybridized carbons (Fsp3) is 0.286.